The van der Waals surface area contributed by atoms with Crippen molar-refractivity contribution in [1.82, 2.24) is 14.5 Å². The van der Waals surface area contributed by atoms with Crippen LogP contribution in [0.4, 0.5) is 4.39 Å². The molecule has 6 heteroatoms. The van der Waals surface area contributed by atoms with E-state index in [0.717, 1.165) is 22.8 Å². The van der Waals surface area contributed by atoms with Gasteiger partial charge in [0.05, 0.1) is 12.1 Å². The van der Waals surface area contributed by atoms with Crippen molar-refractivity contribution >= 4 is 34.0 Å². The lowest BCUT2D eigenvalue weighted by atomic mass is 10.3. The van der Waals surface area contributed by atoms with Gasteiger partial charge in [-0.2, -0.15) is 0 Å². The summed E-state index contributed by atoms with van der Waals surface area (Å²) in [6.45, 7) is 2.72. The van der Waals surface area contributed by atoms with E-state index < -0.39 is 0 Å². The molecule has 0 aliphatic carbocycles. The SMILES string of the molecule is CCc1cnc(Cn2c(CCCl)nc3c(F)cccc32)s1. The Balaban J connectivity index is 2.06. The lowest BCUT2D eigenvalue weighted by Crippen LogP contribution is -2.05. The third kappa shape index (κ3) is 2.80. The number of imidazole rings is 1. The fourth-order valence-electron chi connectivity index (χ4n) is 2.33. The number of alkyl halides is 1. The summed E-state index contributed by atoms with van der Waals surface area (Å²) in [6.07, 6.45) is 3.49. The molecule has 2 heterocycles. The Morgan fingerprint density at radius 1 is 1.38 bits per heavy atom. The highest BCUT2D eigenvalue weighted by atomic mass is 35.5. The first-order valence-corrected chi connectivity index (χ1v) is 8.21. The Kier molecular flexibility index (Phi) is 4.22. The largest absolute Gasteiger partial charge is 0.321 e. The van der Waals surface area contributed by atoms with Gasteiger partial charge in [-0.25, -0.2) is 14.4 Å². The molecule has 2 aromatic heterocycles. The van der Waals surface area contributed by atoms with Crippen LogP contribution in [-0.4, -0.2) is 20.4 Å². The number of para-hydroxylation sites is 1. The number of benzene rings is 1. The maximum absolute atomic E-state index is 13.9. The van der Waals surface area contributed by atoms with E-state index in [9.17, 15) is 4.39 Å². The standard InChI is InChI=1S/C15H15ClFN3S/c1-2-10-8-18-14(21-10)9-20-12-5-3-4-11(17)15(12)19-13(20)6-7-16/h3-5,8H,2,6-7,9H2,1H3. The van der Waals surface area contributed by atoms with Crippen LogP contribution in [0.25, 0.3) is 11.0 Å². The van der Waals surface area contributed by atoms with Gasteiger partial charge < -0.3 is 4.57 Å². The van der Waals surface area contributed by atoms with Gasteiger partial charge in [0.1, 0.15) is 16.3 Å². The first kappa shape index (κ1) is 14.5. The number of hydrogen-bond donors (Lipinski definition) is 0. The minimum atomic E-state index is -0.296. The topological polar surface area (TPSA) is 30.7 Å². The summed E-state index contributed by atoms with van der Waals surface area (Å²) < 4.78 is 15.9. The second-order valence-electron chi connectivity index (χ2n) is 4.73. The maximum Gasteiger partial charge on any atom is 0.151 e. The number of halogens is 2. The molecule has 0 spiro atoms. The Morgan fingerprint density at radius 2 is 2.24 bits per heavy atom. The molecule has 0 N–H and O–H groups in total. The third-order valence-electron chi connectivity index (χ3n) is 3.37. The Hall–Kier alpha value is -1.46. The van der Waals surface area contributed by atoms with Gasteiger partial charge in [-0.05, 0) is 18.6 Å². The molecule has 3 rings (SSSR count). The molecule has 0 saturated heterocycles. The Bertz CT molecular complexity index is 765. The zero-order chi connectivity index (χ0) is 14.8. The summed E-state index contributed by atoms with van der Waals surface area (Å²) in [7, 11) is 0. The van der Waals surface area contributed by atoms with Crippen LogP contribution in [-0.2, 0) is 19.4 Å². The zero-order valence-corrected chi connectivity index (χ0v) is 13.2. The molecule has 0 atom stereocenters. The van der Waals surface area contributed by atoms with E-state index >= 15 is 0 Å². The van der Waals surface area contributed by atoms with Crippen LogP contribution in [0.1, 0.15) is 22.6 Å². The van der Waals surface area contributed by atoms with E-state index in [-0.39, 0.29) is 5.82 Å². The van der Waals surface area contributed by atoms with E-state index in [1.165, 1.54) is 10.9 Å². The van der Waals surface area contributed by atoms with Crippen molar-refractivity contribution < 1.29 is 4.39 Å². The van der Waals surface area contributed by atoms with Gasteiger partial charge in [-0.1, -0.05) is 13.0 Å². The smallest absolute Gasteiger partial charge is 0.151 e. The molecule has 0 aliphatic heterocycles. The van der Waals surface area contributed by atoms with E-state index in [2.05, 4.69) is 16.9 Å². The molecular formula is C15H15ClFN3S. The molecule has 0 aliphatic rings. The van der Waals surface area contributed by atoms with Crippen LogP contribution in [0.15, 0.2) is 24.4 Å². The van der Waals surface area contributed by atoms with Gasteiger partial charge in [0, 0.05) is 23.4 Å². The predicted octanol–water partition coefficient (Wildman–Crippen LogP) is 4.02. The normalized spacial score (nSPS) is 11.4. The van der Waals surface area contributed by atoms with Crippen molar-refractivity contribution in [3.05, 3.63) is 45.9 Å². The molecule has 0 fully saturated rings. The lowest BCUT2D eigenvalue weighted by Gasteiger charge is -2.06. The van der Waals surface area contributed by atoms with Gasteiger partial charge >= 0.3 is 0 Å². The summed E-state index contributed by atoms with van der Waals surface area (Å²) in [5.41, 5.74) is 1.20. The van der Waals surface area contributed by atoms with Crippen LogP contribution in [0, 0.1) is 5.82 Å². The summed E-state index contributed by atoms with van der Waals surface area (Å²) in [6, 6.07) is 5.03. The number of thiazole rings is 1. The maximum atomic E-state index is 13.9. The Morgan fingerprint density at radius 3 is 2.95 bits per heavy atom. The number of rotatable bonds is 5. The summed E-state index contributed by atoms with van der Waals surface area (Å²) in [5, 5.41) is 1.01. The number of fused-ring (bicyclic) bond motifs is 1. The fraction of sp³-hybridized carbons (Fsp3) is 0.333. The molecule has 0 bridgehead atoms. The number of nitrogens with zero attached hydrogens (tertiary/aromatic N) is 3. The second kappa shape index (κ2) is 6.12. The van der Waals surface area contributed by atoms with Gasteiger partial charge in [-0.15, -0.1) is 22.9 Å². The van der Waals surface area contributed by atoms with Crippen molar-refractivity contribution in [1.29, 1.82) is 0 Å². The molecule has 0 radical (unpaired) electrons. The fourth-order valence-corrected chi connectivity index (χ4v) is 3.35. The average Bonchev–Trinajstić information content (AvgIpc) is 3.07. The summed E-state index contributed by atoms with van der Waals surface area (Å²) in [5.74, 6) is 0.969. The molecule has 0 saturated carbocycles. The van der Waals surface area contributed by atoms with Crippen molar-refractivity contribution in [3.63, 3.8) is 0 Å². The molecule has 0 unspecified atom stereocenters. The highest BCUT2D eigenvalue weighted by Gasteiger charge is 2.14. The van der Waals surface area contributed by atoms with Crippen LogP contribution in [0.3, 0.4) is 0 Å². The molecule has 21 heavy (non-hydrogen) atoms. The van der Waals surface area contributed by atoms with Crippen LogP contribution >= 0.6 is 22.9 Å². The van der Waals surface area contributed by atoms with E-state index in [0.29, 0.717) is 24.4 Å². The second-order valence-corrected chi connectivity index (χ2v) is 6.31. The summed E-state index contributed by atoms with van der Waals surface area (Å²) in [4.78, 5) is 10.1. The van der Waals surface area contributed by atoms with E-state index in [1.807, 2.05) is 16.8 Å². The van der Waals surface area contributed by atoms with Gasteiger partial charge in [0.15, 0.2) is 5.82 Å². The van der Waals surface area contributed by atoms with Crippen molar-refractivity contribution in [2.24, 2.45) is 0 Å². The molecule has 1 aromatic carbocycles. The van der Waals surface area contributed by atoms with Crippen LogP contribution in [0.5, 0.6) is 0 Å². The van der Waals surface area contributed by atoms with Gasteiger partial charge in [0.2, 0.25) is 0 Å². The van der Waals surface area contributed by atoms with Crippen molar-refractivity contribution in [2.75, 3.05) is 5.88 Å². The minimum Gasteiger partial charge on any atom is -0.321 e. The van der Waals surface area contributed by atoms with Crippen molar-refractivity contribution in [2.45, 2.75) is 26.3 Å². The van der Waals surface area contributed by atoms with Gasteiger partial charge in [0.25, 0.3) is 0 Å². The molecule has 3 aromatic rings. The van der Waals surface area contributed by atoms with E-state index in [4.69, 9.17) is 11.6 Å². The number of aromatic nitrogens is 3. The highest BCUT2D eigenvalue weighted by Crippen LogP contribution is 2.23. The van der Waals surface area contributed by atoms with Crippen LogP contribution < -0.4 is 0 Å². The Labute approximate surface area is 131 Å². The molecule has 3 nitrogen and oxygen atoms in total. The van der Waals surface area contributed by atoms with E-state index in [1.54, 1.807) is 17.4 Å². The number of aryl methyl sites for hydroxylation is 2. The van der Waals surface area contributed by atoms with Gasteiger partial charge in [-0.3, -0.25) is 0 Å². The van der Waals surface area contributed by atoms with Crippen molar-refractivity contribution in [3.8, 4) is 0 Å². The monoisotopic (exact) mass is 323 g/mol. The first-order chi connectivity index (χ1) is 10.2. The first-order valence-electron chi connectivity index (χ1n) is 6.86. The quantitative estimate of drug-likeness (QED) is 0.664. The average molecular weight is 324 g/mol. The third-order valence-corrected chi connectivity index (χ3v) is 4.69. The van der Waals surface area contributed by atoms with Crippen LogP contribution in [0.2, 0.25) is 0 Å². The molecule has 0 amide bonds. The molecule has 110 valence electrons. The zero-order valence-electron chi connectivity index (χ0n) is 11.6. The predicted molar refractivity (Wildman–Crippen MR) is 84.7 cm³/mol. The summed E-state index contributed by atoms with van der Waals surface area (Å²) >= 11 is 7.53. The highest BCUT2D eigenvalue weighted by molar-refractivity contribution is 7.11. The molecular weight excluding hydrogens is 309 g/mol. The minimum absolute atomic E-state index is 0.296. The lowest BCUT2D eigenvalue weighted by molar-refractivity contribution is 0.637. The number of hydrogen-bond acceptors (Lipinski definition) is 3.